The Morgan fingerprint density at radius 3 is 1.79 bits per heavy atom. The van der Waals surface area contributed by atoms with Crippen LogP contribution in [0.3, 0.4) is 0 Å². The van der Waals surface area contributed by atoms with Gasteiger partial charge >= 0.3 is 0 Å². The Bertz CT molecular complexity index is 4410. The molecular weight excluding hydrogens is 1130 g/mol. The van der Waals surface area contributed by atoms with E-state index >= 15 is 0 Å². The first-order chi connectivity index (χ1) is 37.1. The van der Waals surface area contributed by atoms with Gasteiger partial charge in [0.2, 0.25) is 0 Å². The summed E-state index contributed by atoms with van der Waals surface area (Å²) in [5.41, 5.74) is 14.4. The van der Waals surface area contributed by atoms with Gasteiger partial charge in [0.05, 0.1) is 0 Å². The van der Waals surface area contributed by atoms with Gasteiger partial charge in [-0.1, -0.05) is 207 Å². The number of anilines is 2. The monoisotopic (exact) mass is 1190 g/mol. The molecule has 1 aliphatic heterocycles. The molecule has 0 atom stereocenters. The molecule has 4 heterocycles. The van der Waals surface area contributed by atoms with Gasteiger partial charge in [0.25, 0.3) is 0 Å². The molecule has 0 aliphatic carbocycles. The average molecular weight is 1190 g/mol. The van der Waals surface area contributed by atoms with Gasteiger partial charge in [-0.3, -0.25) is 0 Å². The molecule has 0 amide bonds. The summed E-state index contributed by atoms with van der Waals surface area (Å²) in [6, 6.07) is 78.2. The third-order valence-electron chi connectivity index (χ3n) is 15.6. The quantitative estimate of drug-likeness (QED) is 0.156. The van der Waals surface area contributed by atoms with E-state index in [0.717, 1.165) is 71.9 Å². The van der Waals surface area contributed by atoms with E-state index in [-0.39, 0.29) is 37.3 Å². The van der Waals surface area contributed by atoms with Crippen LogP contribution in [0.15, 0.2) is 200 Å². The average Bonchev–Trinajstić information content (AvgIpc) is 4.03. The second-order valence-electron chi connectivity index (χ2n) is 23.8. The maximum atomic E-state index is 6.82. The molecule has 0 spiro atoms. The van der Waals surface area contributed by atoms with Crippen molar-refractivity contribution in [1.82, 2.24) is 14.1 Å². The van der Waals surface area contributed by atoms with Gasteiger partial charge in [-0.15, -0.1) is 35.7 Å². The fourth-order valence-electron chi connectivity index (χ4n) is 11.4. The van der Waals surface area contributed by atoms with E-state index < -0.39 is 0 Å². The number of hydrogen-bond donors (Lipinski definition) is 0. The molecule has 3 aromatic heterocycles. The van der Waals surface area contributed by atoms with Gasteiger partial charge in [-0.2, -0.15) is 12.1 Å². The molecule has 0 radical (unpaired) electrons. The van der Waals surface area contributed by atoms with E-state index in [2.05, 4.69) is 277 Å². The number of para-hydroxylation sites is 3. The van der Waals surface area contributed by atoms with Crippen molar-refractivity contribution >= 4 is 76.5 Å². The molecule has 0 fully saturated rings. The number of hydrogen-bond acceptors (Lipinski definition) is 3. The largest absolute Gasteiger partial charge is 0.509 e. The van der Waals surface area contributed by atoms with Crippen LogP contribution in [0.4, 0.5) is 11.4 Å². The van der Waals surface area contributed by atoms with E-state index in [1.165, 1.54) is 49.4 Å². The maximum Gasteiger partial charge on any atom is 0.135 e. The predicted molar refractivity (Wildman–Crippen MR) is 324 cm³/mol. The smallest absolute Gasteiger partial charge is 0.135 e. The summed E-state index contributed by atoms with van der Waals surface area (Å²) >= 11 is 0. The molecule has 13 rings (SSSR count). The fraction of sp³-hybridized carbons (Fsp3) is 0.167. The van der Waals surface area contributed by atoms with E-state index in [1.54, 1.807) is 0 Å². The Hall–Kier alpha value is -8.11. The van der Waals surface area contributed by atoms with Gasteiger partial charge in [-0.25, -0.2) is 4.98 Å². The number of fused-ring (bicyclic) bond motifs is 10. The topological polar surface area (TPSA) is 35.2 Å². The van der Waals surface area contributed by atoms with Crippen LogP contribution in [0.25, 0.3) is 93.2 Å². The number of aromatic nitrogens is 3. The third kappa shape index (κ3) is 8.79. The SMILES string of the molecule is CC(C)(C)c1cc(-c2ccccc2)cc(-c2cccc3c4ccc(C(C)(C)C)cc4c4ccccc4c4cccc5c4n(c23)[CH-]N5c2[c-]c(Oc3[c-]c4c(cc3)c3ccccc3n4-c3cc(C(C)(C)C)ccn3)ccc2)c1.[Pt]. The van der Waals surface area contributed by atoms with Crippen molar-refractivity contribution in [2.24, 2.45) is 0 Å². The van der Waals surface area contributed by atoms with Crippen LogP contribution < -0.4 is 9.64 Å². The van der Waals surface area contributed by atoms with Crippen molar-refractivity contribution < 1.29 is 25.8 Å². The van der Waals surface area contributed by atoms with Gasteiger partial charge in [0.15, 0.2) is 0 Å². The Labute approximate surface area is 472 Å². The summed E-state index contributed by atoms with van der Waals surface area (Å²) in [7, 11) is 0. The van der Waals surface area contributed by atoms with Crippen LogP contribution in [-0.2, 0) is 37.3 Å². The summed E-state index contributed by atoms with van der Waals surface area (Å²) in [5.74, 6) is 2.03. The predicted octanol–water partition coefficient (Wildman–Crippen LogP) is 19.5. The molecule has 0 saturated carbocycles. The standard InChI is InChI=1S/C72H61N4O.Pt/c1-70(2,3)49-32-34-58-61-28-18-27-55(48-38-47(46-20-11-10-12-21-46)39-51(40-48)72(7,8)9)68(61)75-45-74(65-31-19-29-62(69(65)75)56-24-13-14-25-57(56)63(58)41-49)52-22-17-23-53(43-52)77-54-33-35-60-59-26-15-16-30-64(59)76(66(60)44-54)67-42-50(36-37-73-67)71(4,5)6;/h10-42,45H,1-9H3;/q-3;. The van der Waals surface area contributed by atoms with Gasteiger partial charge in [0.1, 0.15) is 5.82 Å². The molecule has 12 aromatic rings. The summed E-state index contributed by atoms with van der Waals surface area (Å²) in [4.78, 5) is 7.19. The number of nitrogens with zero attached hydrogens (tertiary/aromatic N) is 4. The van der Waals surface area contributed by atoms with Gasteiger partial charge < -0.3 is 18.8 Å². The molecule has 0 bridgehead atoms. The van der Waals surface area contributed by atoms with Gasteiger partial charge in [0, 0.05) is 50.0 Å². The van der Waals surface area contributed by atoms with Crippen LogP contribution >= 0.6 is 0 Å². The second kappa shape index (κ2) is 19.1. The van der Waals surface area contributed by atoms with Crippen molar-refractivity contribution in [1.29, 1.82) is 0 Å². The maximum absolute atomic E-state index is 6.82. The summed E-state index contributed by atoms with van der Waals surface area (Å²) in [5, 5.41) is 9.31. The molecule has 0 N–H and O–H groups in total. The first-order valence-electron chi connectivity index (χ1n) is 26.8. The Morgan fingerprint density at radius 1 is 0.436 bits per heavy atom. The minimum absolute atomic E-state index is 0. The molecular formula is C72H61N4OPt-3. The van der Waals surface area contributed by atoms with Crippen molar-refractivity contribution in [3.63, 3.8) is 0 Å². The van der Waals surface area contributed by atoms with Crippen LogP contribution in [-0.4, -0.2) is 14.1 Å². The van der Waals surface area contributed by atoms with Crippen LogP contribution in [0, 0.1) is 18.8 Å². The van der Waals surface area contributed by atoms with Gasteiger partial charge in [-0.05, 0) is 141 Å². The Kier molecular flexibility index (Phi) is 12.4. The summed E-state index contributed by atoms with van der Waals surface area (Å²) < 4.78 is 11.5. The minimum atomic E-state index is -0.103. The Balaban J connectivity index is 0.00000609. The first kappa shape index (κ1) is 50.7. The van der Waals surface area contributed by atoms with Crippen molar-refractivity contribution in [3.05, 3.63) is 236 Å². The van der Waals surface area contributed by atoms with E-state index in [0.29, 0.717) is 11.5 Å². The van der Waals surface area contributed by atoms with Crippen molar-refractivity contribution in [2.75, 3.05) is 4.90 Å². The fourth-order valence-corrected chi connectivity index (χ4v) is 11.4. The molecule has 0 unspecified atom stereocenters. The molecule has 1 aliphatic rings. The van der Waals surface area contributed by atoms with Crippen LogP contribution in [0.5, 0.6) is 11.5 Å². The first-order valence-corrected chi connectivity index (χ1v) is 26.8. The Morgan fingerprint density at radius 2 is 1.04 bits per heavy atom. The third-order valence-corrected chi connectivity index (χ3v) is 15.6. The molecule has 78 heavy (non-hydrogen) atoms. The van der Waals surface area contributed by atoms with E-state index in [1.807, 2.05) is 18.3 Å². The molecule has 9 aromatic carbocycles. The van der Waals surface area contributed by atoms with Crippen molar-refractivity contribution in [3.8, 4) is 39.6 Å². The molecule has 388 valence electrons. The normalized spacial score (nSPS) is 12.7. The van der Waals surface area contributed by atoms with E-state index in [9.17, 15) is 0 Å². The molecule has 6 heteroatoms. The zero-order valence-corrected chi connectivity index (χ0v) is 47.9. The summed E-state index contributed by atoms with van der Waals surface area (Å²) in [6.07, 6.45) is 1.91. The second-order valence-corrected chi connectivity index (χ2v) is 23.8. The number of benzene rings is 9. The summed E-state index contributed by atoms with van der Waals surface area (Å²) in [6.45, 7) is 22.8. The number of ether oxygens (including phenoxy) is 1. The number of rotatable bonds is 6. The zero-order chi connectivity index (χ0) is 53.0. The van der Waals surface area contributed by atoms with Crippen molar-refractivity contribution in [2.45, 2.75) is 78.6 Å². The van der Waals surface area contributed by atoms with Crippen LogP contribution in [0.2, 0.25) is 0 Å². The zero-order valence-electron chi connectivity index (χ0n) is 45.6. The minimum Gasteiger partial charge on any atom is -0.509 e. The number of pyridine rings is 1. The molecule has 0 saturated heterocycles. The van der Waals surface area contributed by atoms with E-state index in [4.69, 9.17) is 9.72 Å². The van der Waals surface area contributed by atoms with Crippen LogP contribution in [0.1, 0.15) is 79.0 Å². The molecule has 5 nitrogen and oxygen atoms in total.